The summed E-state index contributed by atoms with van der Waals surface area (Å²) in [5.74, 6) is -0.625. The van der Waals surface area contributed by atoms with Gasteiger partial charge in [0.2, 0.25) is 0 Å². The molecule has 1 atom stereocenters. The smallest absolute Gasteiger partial charge is 0.306 e. The molecule has 0 fully saturated rings. The summed E-state index contributed by atoms with van der Waals surface area (Å²) in [5, 5.41) is 9.70. The third kappa shape index (κ3) is 70.5. The number of hydrogen-bond donors (Lipinski definition) is 1. The molecule has 0 amide bonds. The van der Waals surface area contributed by atoms with Gasteiger partial charge in [-0.2, -0.15) is 0 Å². The van der Waals surface area contributed by atoms with E-state index in [1.807, 2.05) is 0 Å². The van der Waals surface area contributed by atoms with Gasteiger partial charge in [0.1, 0.15) is 6.61 Å². The number of rotatable bonds is 65. The van der Waals surface area contributed by atoms with Crippen molar-refractivity contribution in [2.24, 2.45) is 0 Å². The highest BCUT2D eigenvalue weighted by Crippen LogP contribution is 2.18. The van der Waals surface area contributed by atoms with Crippen molar-refractivity contribution >= 4 is 11.9 Å². The maximum Gasteiger partial charge on any atom is 0.306 e. The van der Waals surface area contributed by atoms with E-state index in [9.17, 15) is 14.7 Å². The maximum atomic E-state index is 12.4. The standard InChI is InChI=1S/C79H134O5/c1-3-5-7-9-11-13-15-17-19-21-23-25-27-29-31-33-35-37-38-39-40-42-44-46-48-50-52-54-56-58-60-62-64-66-68-70-72-74-79(82)84-77(75-80)76-83-78(81)73-71-69-67-65-63-61-59-57-55-53-51-49-47-45-43-41-36-34-32-30-28-26-24-22-20-18-16-14-12-10-8-6-4-2/h5,7,11,13,17,19,23,25,29,31,35,37,39-40,44,46,50,52,56,58,62,64,77,80H,3-4,6,8-10,12,14-16,18,20-22,24,26-28,30,32-34,36,38,41-43,45,47-49,51,53-55,57,59-61,63,65-76H2,1-2H3/b7-5-,13-11-,19-17-,25-23-,31-29-,37-35-,40-39-,46-44-,52-50-,58-56-,64-62-. The fraction of sp³-hybridized carbons (Fsp3) is 0.696. The molecule has 0 rings (SSSR count). The third-order valence-electron chi connectivity index (χ3n) is 15.5. The molecule has 0 saturated carbocycles. The first kappa shape index (κ1) is 80.0. The molecule has 0 bridgehead atoms. The number of esters is 2. The average Bonchev–Trinajstić information content (AvgIpc) is 3.51. The monoisotopic (exact) mass is 1160 g/mol. The van der Waals surface area contributed by atoms with Crippen LogP contribution in [-0.2, 0) is 19.1 Å². The number of allylic oxidation sites excluding steroid dienone is 22. The minimum absolute atomic E-state index is 0.0840. The Kier molecular flexibility index (Phi) is 69.8. The van der Waals surface area contributed by atoms with Gasteiger partial charge in [-0.15, -0.1) is 0 Å². The van der Waals surface area contributed by atoms with E-state index in [1.54, 1.807) is 0 Å². The molecule has 0 saturated heterocycles. The van der Waals surface area contributed by atoms with Crippen LogP contribution in [0.15, 0.2) is 134 Å². The second kappa shape index (κ2) is 73.3. The van der Waals surface area contributed by atoms with Gasteiger partial charge in [-0.05, 0) is 96.3 Å². The summed E-state index contributed by atoms with van der Waals surface area (Å²) in [6.07, 6.45) is 109. The SMILES string of the molecule is CC/C=C\C/C=C\C/C=C\C/C=C\C/C=C\C/C=C\C/C=C\C/C=C\C/C=C\C/C=C\C/C=C\CCCCCC(=O)OC(CO)COC(=O)CCCCCCCCCCCCCCCCCCCCCCCCCCCCCCCCCCC. The quantitative estimate of drug-likeness (QED) is 0.0373. The zero-order chi connectivity index (χ0) is 60.5. The van der Waals surface area contributed by atoms with E-state index in [-0.39, 0.29) is 25.2 Å². The van der Waals surface area contributed by atoms with Gasteiger partial charge in [-0.1, -0.05) is 359 Å². The number of unbranched alkanes of at least 4 members (excludes halogenated alkanes) is 35. The van der Waals surface area contributed by atoms with E-state index in [1.165, 1.54) is 193 Å². The van der Waals surface area contributed by atoms with Gasteiger partial charge in [0.25, 0.3) is 0 Å². The highest BCUT2D eigenvalue weighted by Gasteiger charge is 2.16. The topological polar surface area (TPSA) is 72.8 Å². The van der Waals surface area contributed by atoms with Crippen LogP contribution in [0.25, 0.3) is 0 Å². The molecule has 0 aromatic carbocycles. The minimum atomic E-state index is -0.800. The van der Waals surface area contributed by atoms with E-state index in [4.69, 9.17) is 9.47 Å². The van der Waals surface area contributed by atoms with Crippen LogP contribution in [0.3, 0.4) is 0 Å². The fourth-order valence-corrected chi connectivity index (χ4v) is 10.2. The number of hydrogen-bond acceptors (Lipinski definition) is 5. The lowest BCUT2D eigenvalue weighted by atomic mass is 10.0. The van der Waals surface area contributed by atoms with Gasteiger partial charge in [-0.25, -0.2) is 0 Å². The molecule has 1 unspecified atom stereocenters. The van der Waals surface area contributed by atoms with Gasteiger partial charge in [-0.3, -0.25) is 9.59 Å². The predicted octanol–water partition coefficient (Wildman–Crippen LogP) is 25.1. The van der Waals surface area contributed by atoms with Crippen molar-refractivity contribution in [3.8, 4) is 0 Å². The van der Waals surface area contributed by atoms with Crippen molar-refractivity contribution in [3.05, 3.63) is 134 Å². The summed E-state index contributed by atoms with van der Waals surface area (Å²) in [7, 11) is 0. The molecular weight excluding hydrogens is 1030 g/mol. The maximum absolute atomic E-state index is 12.4. The summed E-state index contributed by atoms with van der Waals surface area (Å²) >= 11 is 0. The molecule has 1 N–H and O–H groups in total. The van der Waals surface area contributed by atoms with Gasteiger partial charge >= 0.3 is 11.9 Å². The van der Waals surface area contributed by atoms with Crippen LogP contribution in [0.1, 0.15) is 335 Å². The second-order valence-electron chi connectivity index (χ2n) is 23.6. The van der Waals surface area contributed by atoms with E-state index >= 15 is 0 Å². The minimum Gasteiger partial charge on any atom is -0.462 e. The second-order valence-corrected chi connectivity index (χ2v) is 23.6. The van der Waals surface area contributed by atoms with E-state index in [0.29, 0.717) is 12.8 Å². The molecule has 0 spiro atoms. The van der Waals surface area contributed by atoms with Crippen LogP contribution in [-0.4, -0.2) is 36.4 Å². The molecule has 5 heteroatoms. The lowest BCUT2D eigenvalue weighted by Crippen LogP contribution is -2.28. The molecule has 5 nitrogen and oxygen atoms in total. The van der Waals surface area contributed by atoms with Gasteiger partial charge < -0.3 is 14.6 Å². The summed E-state index contributed by atoms with van der Waals surface area (Å²) < 4.78 is 10.7. The molecule has 0 aliphatic carbocycles. The first-order chi connectivity index (χ1) is 41.6. The van der Waals surface area contributed by atoms with Crippen molar-refractivity contribution in [2.75, 3.05) is 13.2 Å². The molecule has 0 aliphatic rings. The number of aliphatic hydroxyl groups excluding tert-OH is 1. The van der Waals surface area contributed by atoms with Crippen molar-refractivity contribution in [2.45, 2.75) is 341 Å². The van der Waals surface area contributed by atoms with Crippen LogP contribution in [0.2, 0.25) is 0 Å². The molecular formula is C79H134O5. The Hall–Kier alpha value is -3.96. The van der Waals surface area contributed by atoms with Crippen LogP contribution >= 0.6 is 0 Å². The average molecular weight is 1160 g/mol. The fourth-order valence-electron chi connectivity index (χ4n) is 10.2. The van der Waals surface area contributed by atoms with Crippen LogP contribution in [0, 0.1) is 0 Å². The van der Waals surface area contributed by atoms with E-state index in [0.717, 1.165) is 116 Å². The Labute approximate surface area is 521 Å². The number of carbonyl (C=O) groups is 2. The lowest BCUT2D eigenvalue weighted by molar-refractivity contribution is -0.161. The zero-order valence-electron chi connectivity index (χ0n) is 55.1. The highest BCUT2D eigenvalue weighted by atomic mass is 16.6. The Morgan fingerprint density at radius 2 is 0.512 bits per heavy atom. The first-order valence-electron chi connectivity index (χ1n) is 35.7. The van der Waals surface area contributed by atoms with Gasteiger partial charge in [0, 0.05) is 12.8 Å². The molecule has 0 aliphatic heterocycles. The Bertz CT molecular complexity index is 1700. The van der Waals surface area contributed by atoms with Crippen molar-refractivity contribution < 1.29 is 24.2 Å². The number of ether oxygens (including phenoxy) is 2. The van der Waals surface area contributed by atoms with Crippen molar-refractivity contribution in [3.63, 3.8) is 0 Å². The molecule has 0 aromatic rings. The van der Waals surface area contributed by atoms with Gasteiger partial charge in [0.15, 0.2) is 6.10 Å². The highest BCUT2D eigenvalue weighted by molar-refractivity contribution is 5.70. The summed E-state index contributed by atoms with van der Waals surface area (Å²) in [4.78, 5) is 24.6. The van der Waals surface area contributed by atoms with Crippen molar-refractivity contribution in [1.29, 1.82) is 0 Å². The molecule has 0 heterocycles. The predicted molar refractivity (Wildman–Crippen MR) is 371 cm³/mol. The van der Waals surface area contributed by atoms with E-state index in [2.05, 4.69) is 148 Å². The van der Waals surface area contributed by atoms with Crippen LogP contribution in [0.5, 0.6) is 0 Å². The molecule has 480 valence electrons. The number of aliphatic hydroxyl groups is 1. The van der Waals surface area contributed by atoms with E-state index < -0.39 is 6.10 Å². The largest absolute Gasteiger partial charge is 0.462 e. The summed E-state index contributed by atoms with van der Waals surface area (Å²) in [6.45, 7) is 4.03. The Balaban J connectivity index is 3.56. The Morgan fingerprint density at radius 3 is 0.774 bits per heavy atom. The van der Waals surface area contributed by atoms with Crippen LogP contribution in [0.4, 0.5) is 0 Å². The molecule has 0 radical (unpaired) electrons. The first-order valence-corrected chi connectivity index (χ1v) is 35.7. The summed E-state index contributed by atoms with van der Waals surface area (Å²) in [5.41, 5.74) is 0. The lowest BCUT2D eigenvalue weighted by Gasteiger charge is -2.15. The third-order valence-corrected chi connectivity index (χ3v) is 15.5. The number of carbonyl (C=O) groups excluding carboxylic acids is 2. The van der Waals surface area contributed by atoms with Crippen LogP contribution < -0.4 is 0 Å². The van der Waals surface area contributed by atoms with Crippen molar-refractivity contribution in [1.82, 2.24) is 0 Å². The summed E-state index contributed by atoms with van der Waals surface area (Å²) in [6, 6.07) is 0. The van der Waals surface area contributed by atoms with Gasteiger partial charge in [0.05, 0.1) is 6.61 Å². The molecule has 84 heavy (non-hydrogen) atoms. The molecule has 0 aromatic heterocycles. The normalized spacial score (nSPS) is 13.0. The Morgan fingerprint density at radius 1 is 0.286 bits per heavy atom. The zero-order valence-corrected chi connectivity index (χ0v) is 55.1.